The number of carbonyl (C=O) groups is 4. The summed E-state index contributed by atoms with van der Waals surface area (Å²) in [5, 5.41) is 12.1. The van der Waals surface area contributed by atoms with E-state index in [2.05, 4.69) is 47.5 Å². The molecule has 0 bridgehead atoms. The number of amides is 3. The van der Waals surface area contributed by atoms with E-state index >= 15 is 0 Å². The van der Waals surface area contributed by atoms with E-state index in [0.717, 1.165) is 11.3 Å². The fraction of sp³-hybridized carbons (Fsp3) is 0.643. The standard InChI is InChI=1S/C20H34N4O9.C8H10/c1-5-15(18(26)31-6-2)21-14(3)17(25)23-16(13-22(4)20(23)28)19(27)32-11-9-7-8-10-12-33-24(29)30;1-8-6-4-2-3-5-7-8/h14-16,21H,5-13H2,1-4H3;2-4,6-7H,5H2,1H3. The number of ether oxygens (including phenoxy) is 2. The minimum atomic E-state index is -1.09. The van der Waals surface area contributed by atoms with Gasteiger partial charge in [-0.3, -0.25) is 14.9 Å². The first-order valence-electron chi connectivity index (χ1n) is 14.0. The Morgan fingerprint density at radius 2 is 1.80 bits per heavy atom. The van der Waals surface area contributed by atoms with Crippen LogP contribution in [0.1, 0.15) is 66.2 Å². The summed E-state index contributed by atoms with van der Waals surface area (Å²) in [4.78, 5) is 66.5. The number of rotatable bonds is 15. The summed E-state index contributed by atoms with van der Waals surface area (Å²) >= 11 is 0. The molecule has 0 aromatic heterocycles. The molecule has 0 aromatic carbocycles. The molecule has 13 nitrogen and oxygen atoms in total. The molecule has 13 heteroatoms. The van der Waals surface area contributed by atoms with E-state index in [4.69, 9.17) is 9.47 Å². The highest BCUT2D eigenvalue weighted by atomic mass is 16.9. The maximum Gasteiger partial charge on any atom is 0.331 e. The highest BCUT2D eigenvalue weighted by Crippen LogP contribution is 2.18. The van der Waals surface area contributed by atoms with E-state index < -0.39 is 47.1 Å². The van der Waals surface area contributed by atoms with Gasteiger partial charge in [0.05, 0.1) is 32.4 Å². The Morgan fingerprint density at radius 1 is 1.12 bits per heavy atom. The second-order valence-electron chi connectivity index (χ2n) is 9.60. The molecule has 0 spiro atoms. The Balaban J connectivity index is 0.000000895. The van der Waals surface area contributed by atoms with Crippen molar-refractivity contribution in [3.05, 3.63) is 46.1 Å². The minimum Gasteiger partial charge on any atom is -0.465 e. The summed E-state index contributed by atoms with van der Waals surface area (Å²) in [7, 11) is 1.48. The van der Waals surface area contributed by atoms with Gasteiger partial charge in [-0.1, -0.05) is 49.3 Å². The van der Waals surface area contributed by atoms with Crippen LogP contribution in [0.3, 0.4) is 0 Å². The van der Waals surface area contributed by atoms with Crippen molar-refractivity contribution in [2.45, 2.75) is 84.3 Å². The average molecular weight is 581 g/mol. The topological polar surface area (TPSA) is 158 Å². The third kappa shape index (κ3) is 13.0. The van der Waals surface area contributed by atoms with E-state index in [1.54, 1.807) is 13.8 Å². The molecule has 1 aliphatic carbocycles. The Bertz CT molecular complexity index is 977. The van der Waals surface area contributed by atoms with Crippen molar-refractivity contribution in [2.24, 2.45) is 0 Å². The lowest BCUT2D eigenvalue weighted by atomic mass is 10.1. The van der Waals surface area contributed by atoms with Crippen molar-refractivity contribution >= 4 is 23.9 Å². The number of allylic oxidation sites excluding steroid dienone is 6. The average Bonchev–Trinajstić information content (AvgIpc) is 3.06. The highest BCUT2D eigenvalue weighted by molar-refractivity contribution is 6.03. The second kappa shape index (κ2) is 19.4. The maximum absolute atomic E-state index is 13.0. The van der Waals surface area contributed by atoms with Crippen LogP contribution >= 0.6 is 0 Å². The van der Waals surface area contributed by atoms with Crippen molar-refractivity contribution in [1.29, 1.82) is 0 Å². The molecule has 1 aliphatic heterocycles. The number of hydrogen-bond acceptors (Lipinski definition) is 10. The molecule has 2 aliphatic rings. The first-order chi connectivity index (χ1) is 19.5. The quantitative estimate of drug-likeness (QED) is 0.132. The van der Waals surface area contributed by atoms with Gasteiger partial charge in [0.15, 0.2) is 6.04 Å². The fourth-order valence-corrected chi connectivity index (χ4v) is 3.99. The molecule has 3 amide bonds. The molecule has 230 valence electrons. The van der Waals surface area contributed by atoms with Crippen molar-refractivity contribution in [2.75, 3.05) is 33.4 Å². The Morgan fingerprint density at radius 3 is 2.44 bits per heavy atom. The number of urea groups is 1. The molecule has 1 fully saturated rings. The first-order valence-corrected chi connectivity index (χ1v) is 14.0. The van der Waals surface area contributed by atoms with Gasteiger partial charge in [-0.15, -0.1) is 10.1 Å². The molecule has 0 saturated carbocycles. The van der Waals surface area contributed by atoms with E-state index in [1.165, 1.54) is 24.4 Å². The number of hydrogen-bond donors (Lipinski definition) is 1. The lowest BCUT2D eigenvalue weighted by molar-refractivity contribution is -0.757. The molecule has 1 heterocycles. The van der Waals surface area contributed by atoms with Crippen molar-refractivity contribution in [3.8, 4) is 0 Å². The molecular weight excluding hydrogens is 536 g/mol. The van der Waals surface area contributed by atoms with Gasteiger partial charge >= 0.3 is 18.0 Å². The molecular formula is C28H44N4O9. The maximum atomic E-state index is 13.0. The summed E-state index contributed by atoms with van der Waals surface area (Å²) in [6.07, 6.45) is 14.5. The number of esters is 2. The number of unbranched alkanes of at least 4 members (excludes halogenated alkanes) is 3. The van der Waals surface area contributed by atoms with Crippen LogP contribution in [0.5, 0.6) is 0 Å². The summed E-state index contributed by atoms with van der Waals surface area (Å²) in [5.41, 5.74) is 1.36. The molecule has 1 N–H and O–H groups in total. The van der Waals surface area contributed by atoms with Gasteiger partial charge in [0.1, 0.15) is 6.04 Å². The van der Waals surface area contributed by atoms with Gasteiger partial charge < -0.3 is 19.2 Å². The predicted molar refractivity (Wildman–Crippen MR) is 151 cm³/mol. The SMILES string of the molecule is CC1=CCC=CC=C1.CCOC(=O)C(CC)NC(C)C(=O)N1C(=O)N(C)CC1C(=O)OCCCCCCO[N+](=O)[O-]. The summed E-state index contributed by atoms with van der Waals surface area (Å²) in [6.45, 7) is 7.39. The van der Waals surface area contributed by atoms with Crippen LogP contribution in [-0.2, 0) is 28.7 Å². The first kappa shape index (κ1) is 35.3. The second-order valence-corrected chi connectivity index (χ2v) is 9.60. The van der Waals surface area contributed by atoms with Crippen LogP contribution in [0, 0.1) is 10.1 Å². The van der Waals surface area contributed by atoms with Gasteiger partial charge in [-0.25, -0.2) is 14.5 Å². The summed E-state index contributed by atoms with van der Waals surface area (Å²) in [5.74, 6) is -1.83. The number of imide groups is 1. The Kier molecular flexibility index (Phi) is 16.7. The van der Waals surface area contributed by atoms with Crippen LogP contribution in [0.25, 0.3) is 0 Å². The van der Waals surface area contributed by atoms with Crippen LogP contribution in [0.2, 0.25) is 0 Å². The number of likely N-dealkylation sites (N-methyl/N-ethyl adjacent to an activating group) is 1. The van der Waals surface area contributed by atoms with Crippen molar-refractivity contribution in [1.82, 2.24) is 15.1 Å². The number of nitrogens with zero attached hydrogens (tertiary/aromatic N) is 3. The Labute approximate surface area is 241 Å². The van der Waals surface area contributed by atoms with E-state index in [9.17, 15) is 29.3 Å². The molecule has 2 rings (SSSR count). The highest BCUT2D eigenvalue weighted by Gasteiger charge is 2.46. The zero-order chi connectivity index (χ0) is 30.8. The van der Waals surface area contributed by atoms with Crippen LogP contribution < -0.4 is 5.32 Å². The summed E-state index contributed by atoms with van der Waals surface area (Å²) < 4.78 is 10.2. The zero-order valence-electron chi connectivity index (χ0n) is 24.7. The lowest BCUT2D eigenvalue weighted by Crippen LogP contribution is -2.54. The van der Waals surface area contributed by atoms with Gasteiger partial charge in [-0.05, 0) is 52.9 Å². The molecule has 41 heavy (non-hydrogen) atoms. The molecule has 3 atom stereocenters. The molecule has 0 aromatic rings. The van der Waals surface area contributed by atoms with Gasteiger partial charge in [0, 0.05) is 7.05 Å². The smallest absolute Gasteiger partial charge is 0.331 e. The van der Waals surface area contributed by atoms with Crippen molar-refractivity contribution in [3.63, 3.8) is 0 Å². The van der Waals surface area contributed by atoms with E-state index in [0.29, 0.717) is 32.1 Å². The fourth-order valence-electron chi connectivity index (χ4n) is 3.99. The normalized spacial score (nSPS) is 17.5. The van der Waals surface area contributed by atoms with E-state index in [1.807, 2.05) is 0 Å². The van der Waals surface area contributed by atoms with Crippen LogP contribution in [-0.4, -0.2) is 90.3 Å². The monoisotopic (exact) mass is 580 g/mol. The number of carbonyl (C=O) groups excluding carboxylic acids is 4. The van der Waals surface area contributed by atoms with Gasteiger partial charge in [-0.2, -0.15) is 0 Å². The lowest BCUT2D eigenvalue weighted by Gasteiger charge is -2.26. The number of nitrogens with one attached hydrogen (secondary N) is 1. The minimum absolute atomic E-state index is 0.00341. The third-order valence-corrected chi connectivity index (χ3v) is 6.26. The Hall–Kier alpha value is -3.74. The van der Waals surface area contributed by atoms with Crippen LogP contribution in [0.15, 0.2) is 36.0 Å². The molecule has 3 unspecified atom stereocenters. The van der Waals surface area contributed by atoms with Crippen molar-refractivity contribution < 1.29 is 38.6 Å². The van der Waals surface area contributed by atoms with Crippen LogP contribution in [0.4, 0.5) is 4.79 Å². The largest absolute Gasteiger partial charge is 0.465 e. The molecule has 0 radical (unpaired) electrons. The van der Waals surface area contributed by atoms with Gasteiger partial charge in [0.2, 0.25) is 5.91 Å². The van der Waals surface area contributed by atoms with Gasteiger partial charge in [0.25, 0.3) is 5.09 Å². The molecule has 1 saturated heterocycles. The summed E-state index contributed by atoms with van der Waals surface area (Å²) in [6, 6.07) is -3.34. The van der Waals surface area contributed by atoms with E-state index in [-0.39, 0.29) is 26.4 Å². The predicted octanol–water partition coefficient (Wildman–Crippen LogP) is 3.33. The zero-order valence-corrected chi connectivity index (χ0v) is 24.7. The third-order valence-electron chi connectivity index (χ3n) is 6.26.